The first-order valence-electron chi connectivity index (χ1n) is 11.1. The van der Waals surface area contributed by atoms with Crippen LogP contribution in [0.3, 0.4) is 0 Å². The van der Waals surface area contributed by atoms with E-state index in [4.69, 9.17) is 0 Å². The fourth-order valence-corrected chi connectivity index (χ4v) is 4.15. The van der Waals surface area contributed by atoms with Crippen LogP contribution in [0, 0.1) is 17.5 Å². The molecule has 0 radical (unpaired) electrons. The summed E-state index contributed by atoms with van der Waals surface area (Å²) >= 11 is 0. The van der Waals surface area contributed by atoms with Crippen LogP contribution in [-0.2, 0) is 19.3 Å². The Morgan fingerprint density at radius 3 is 2.24 bits per heavy atom. The summed E-state index contributed by atoms with van der Waals surface area (Å²) in [5.74, 6) is -3.42. The van der Waals surface area contributed by atoms with Gasteiger partial charge in [0, 0.05) is 53.3 Å². The van der Waals surface area contributed by atoms with Gasteiger partial charge in [0.1, 0.15) is 23.0 Å². The number of nitrogens with zero attached hydrogens (tertiary/aromatic N) is 3. The van der Waals surface area contributed by atoms with E-state index >= 15 is 0 Å². The molecule has 188 valence electrons. The second kappa shape index (κ2) is 9.61. The third-order valence-electron chi connectivity index (χ3n) is 5.87. The quantitative estimate of drug-likeness (QED) is 0.245. The number of halogens is 6. The minimum absolute atomic E-state index is 0.157. The van der Waals surface area contributed by atoms with Crippen LogP contribution in [0.25, 0.3) is 22.2 Å². The summed E-state index contributed by atoms with van der Waals surface area (Å²) in [5, 5.41) is 7.52. The molecule has 0 spiro atoms. The number of nitrogens with one attached hydrogen (secondary N) is 1. The smallest absolute Gasteiger partial charge is 0.381 e. The molecular weight excluding hydrogens is 494 g/mol. The van der Waals surface area contributed by atoms with Gasteiger partial charge in [0.2, 0.25) is 0 Å². The second-order valence-corrected chi connectivity index (χ2v) is 8.34. The summed E-state index contributed by atoms with van der Waals surface area (Å²) < 4.78 is 84.8. The first kappa shape index (κ1) is 24.4. The molecule has 4 nitrogen and oxygen atoms in total. The Bertz CT molecular complexity index is 1550. The van der Waals surface area contributed by atoms with E-state index in [0.717, 1.165) is 16.3 Å². The maximum Gasteiger partial charge on any atom is 0.418 e. The molecule has 0 fully saturated rings. The molecule has 37 heavy (non-hydrogen) atoms. The number of benzene rings is 3. The fourth-order valence-electron chi connectivity index (χ4n) is 4.15. The molecule has 0 atom stereocenters. The lowest BCUT2D eigenvalue weighted by Gasteiger charge is -2.12. The molecule has 2 aromatic heterocycles. The molecule has 0 aliphatic carbocycles. The van der Waals surface area contributed by atoms with Crippen molar-refractivity contribution >= 4 is 16.6 Å². The SMILES string of the molecule is Fc1cc(F)c(Cn2nc3c(C(F)(F)F)cccc3c2-c2cccc(NCc3ccncc3)c2)c(F)c1. The van der Waals surface area contributed by atoms with Gasteiger partial charge in [-0.05, 0) is 35.9 Å². The van der Waals surface area contributed by atoms with Crippen molar-refractivity contribution in [2.75, 3.05) is 5.32 Å². The number of rotatable bonds is 6. The number of aromatic nitrogens is 3. The number of pyridine rings is 1. The molecule has 0 amide bonds. The van der Waals surface area contributed by atoms with Gasteiger partial charge >= 0.3 is 6.18 Å². The third kappa shape index (κ3) is 5.00. The molecule has 0 saturated carbocycles. The number of hydrogen-bond acceptors (Lipinski definition) is 3. The molecular formula is C27H18F6N4. The highest BCUT2D eigenvalue weighted by molar-refractivity contribution is 5.95. The minimum Gasteiger partial charge on any atom is -0.381 e. The fraction of sp³-hybridized carbons (Fsp3) is 0.111. The number of alkyl halides is 3. The number of hydrogen-bond donors (Lipinski definition) is 1. The number of anilines is 1. The Balaban J connectivity index is 1.63. The van der Waals surface area contributed by atoms with Gasteiger partial charge in [-0.1, -0.05) is 24.3 Å². The largest absolute Gasteiger partial charge is 0.418 e. The highest BCUT2D eigenvalue weighted by Crippen LogP contribution is 2.38. The van der Waals surface area contributed by atoms with Crippen LogP contribution in [0.4, 0.5) is 32.0 Å². The van der Waals surface area contributed by atoms with Crippen LogP contribution in [0.5, 0.6) is 0 Å². The summed E-state index contributed by atoms with van der Waals surface area (Å²) in [6.45, 7) is -0.0792. The predicted molar refractivity (Wildman–Crippen MR) is 127 cm³/mol. The minimum atomic E-state index is -4.70. The Labute approximate surface area is 207 Å². The summed E-state index contributed by atoms with van der Waals surface area (Å²) in [6.07, 6.45) is -1.38. The second-order valence-electron chi connectivity index (χ2n) is 8.34. The molecule has 5 aromatic rings. The highest BCUT2D eigenvalue weighted by atomic mass is 19.4. The van der Waals surface area contributed by atoms with Crippen molar-refractivity contribution in [3.05, 3.63) is 113 Å². The van der Waals surface area contributed by atoms with Crippen molar-refractivity contribution in [2.45, 2.75) is 19.3 Å². The lowest BCUT2D eigenvalue weighted by Crippen LogP contribution is -2.09. The lowest BCUT2D eigenvalue weighted by molar-refractivity contribution is -0.136. The molecule has 10 heteroatoms. The van der Waals surface area contributed by atoms with Gasteiger partial charge in [0.25, 0.3) is 0 Å². The van der Waals surface area contributed by atoms with E-state index in [1.54, 1.807) is 36.7 Å². The van der Waals surface area contributed by atoms with Crippen molar-refractivity contribution in [2.24, 2.45) is 0 Å². The average molecular weight is 512 g/mol. The van der Waals surface area contributed by atoms with Crippen molar-refractivity contribution in [1.29, 1.82) is 0 Å². The van der Waals surface area contributed by atoms with E-state index < -0.39 is 41.3 Å². The van der Waals surface area contributed by atoms with Crippen molar-refractivity contribution < 1.29 is 26.3 Å². The van der Waals surface area contributed by atoms with Crippen LogP contribution < -0.4 is 5.32 Å². The lowest BCUT2D eigenvalue weighted by atomic mass is 10.0. The summed E-state index contributed by atoms with van der Waals surface area (Å²) in [7, 11) is 0. The van der Waals surface area contributed by atoms with Crippen LogP contribution in [0.1, 0.15) is 16.7 Å². The van der Waals surface area contributed by atoms with Crippen LogP contribution in [-0.4, -0.2) is 14.8 Å². The molecule has 5 rings (SSSR count). The van der Waals surface area contributed by atoms with Crippen molar-refractivity contribution in [3.63, 3.8) is 0 Å². The Morgan fingerprint density at radius 1 is 0.838 bits per heavy atom. The van der Waals surface area contributed by atoms with Gasteiger partial charge in [0.05, 0.1) is 17.8 Å². The Kier molecular flexibility index (Phi) is 6.32. The Hall–Kier alpha value is -4.34. The highest BCUT2D eigenvalue weighted by Gasteiger charge is 2.34. The standard InChI is InChI=1S/C27H18F6N4/c28-18-12-23(29)21(24(30)13-18)15-37-26(20-5-2-6-22(25(20)36-37)27(31,32)33)17-3-1-4-19(11-17)35-14-16-7-9-34-10-8-16/h1-13,35H,14-15H2. The summed E-state index contributed by atoms with van der Waals surface area (Å²) in [4.78, 5) is 3.97. The van der Waals surface area contributed by atoms with Crippen LogP contribution >= 0.6 is 0 Å². The van der Waals surface area contributed by atoms with E-state index in [2.05, 4.69) is 15.4 Å². The first-order chi connectivity index (χ1) is 17.7. The third-order valence-corrected chi connectivity index (χ3v) is 5.87. The van der Waals surface area contributed by atoms with Crippen molar-refractivity contribution in [3.8, 4) is 11.3 Å². The summed E-state index contributed by atoms with van der Waals surface area (Å²) in [6, 6.07) is 15.2. The van der Waals surface area contributed by atoms with Gasteiger partial charge in [-0.15, -0.1) is 0 Å². The molecule has 0 bridgehead atoms. The number of fused-ring (bicyclic) bond motifs is 1. The topological polar surface area (TPSA) is 42.7 Å². The normalized spacial score (nSPS) is 11.7. The molecule has 0 saturated heterocycles. The van der Waals surface area contributed by atoms with Gasteiger partial charge in [0.15, 0.2) is 0 Å². The van der Waals surface area contributed by atoms with E-state index in [-0.39, 0.29) is 16.6 Å². The van der Waals surface area contributed by atoms with E-state index in [0.29, 0.717) is 29.9 Å². The van der Waals surface area contributed by atoms with Crippen LogP contribution in [0.2, 0.25) is 0 Å². The molecule has 0 unspecified atom stereocenters. The monoisotopic (exact) mass is 512 g/mol. The van der Waals surface area contributed by atoms with E-state index in [1.807, 2.05) is 12.1 Å². The Morgan fingerprint density at radius 2 is 1.54 bits per heavy atom. The summed E-state index contributed by atoms with van der Waals surface area (Å²) in [5.41, 5.74) is 0.492. The van der Waals surface area contributed by atoms with E-state index in [9.17, 15) is 26.3 Å². The van der Waals surface area contributed by atoms with Gasteiger partial charge in [-0.3, -0.25) is 9.67 Å². The van der Waals surface area contributed by atoms with Gasteiger partial charge < -0.3 is 5.32 Å². The maximum absolute atomic E-state index is 14.5. The average Bonchev–Trinajstić information content (AvgIpc) is 3.23. The van der Waals surface area contributed by atoms with Gasteiger partial charge in [-0.25, -0.2) is 13.2 Å². The molecule has 0 aliphatic heterocycles. The van der Waals surface area contributed by atoms with Crippen molar-refractivity contribution in [1.82, 2.24) is 14.8 Å². The zero-order valence-corrected chi connectivity index (χ0v) is 19.0. The first-order valence-corrected chi connectivity index (χ1v) is 11.1. The molecule has 3 aromatic carbocycles. The zero-order valence-electron chi connectivity index (χ0n) is 19.0. The predicted octanol–water partition coefficient (Wildman–Crippen LogP) is 7.19. The zero-order chi connectivity index (χ0) is 26.2. The maximum atomic E-state index is 14.5. The molecule has 0 aliphatic rings. The van der Waals surface area contributed by atoms with Crippen LogP contribution in [0.15, 0.2) is 79.1 Å². The molecule has 2 heterocycles. The van der Waals surface area contributed by atoms with Gasteiger partial charge in [-0.2, -0.15) is 18.3 Å². The van der Waals surface area contributed by atoms with E-state index in [1.165, 1.54) is 12.1 Å². The molecule has 1 N–H and O–H groups in total.